The van der Waals surface area contributed by atoms with Crippen molar-refractivity contribution in [3.63, 3.8) is 0 Å². The molecule has 0 atom stereocenters. The van der Waals surface area contributed by atoms with Gasteiger partial charge in [-0.1, -0.05) is 6.07 Å². The van der Waals surface area contributed by atoms with Crippen LogP contribution in [0, 0.1) is 17.0 Å². The van der Waals surface area contributed by atoms with Crippen LogP contribution in [0.25, 0.3) is 0 Å². The number of hydrogen-bond acceptors (Lipinski definition) is 7. The predicted molar refractivity (Wildman–Crippen MR) is 122 cm³/mol. The molecule has 0 heterocycles. The molecular formula is C21H28N4O6S. The molecule has 0 unspecified atom stereocenters. The van der Waals surface area contributed by atoms with Gasteiger partial charge in [-0.15, -0.1) is 0 Å². The number of anilines is 1. The summed E-state index contributed by atoms with van der Waals surface area (Å²) in [5.41, 5.74) is 0.259. The number of rotatable bonds is 11. The third-order valence-corrected chi connectivity index (χ3v) is 6.49. The zero-order chi connectivity index (χ0) is 23.9. The van der Waals surface area contributed by atoms with E-state index in [1.807, 2.05) is 19.0 Å². The molecule has 11 heteroatoms. The molecule has 32 heavy (non-hydrogen) atoms. The Bertz CT molecular complexity index is 1050. The molecule has 0 radical (unpaired) electrons. The number of methoxy groups -OCH3 is 1. The van der Waals surface area contributed by atoms with Gasteiger partial charge in [-0.25, -0.2) is 8.42 Å². The highest BCUT2D eigenvalue weighted by atomic mass is 32.2. The number of benzene rings is 2. The van der Waals surface area contributed by atoms with Gasteiger partial charge in [-0.2, -0.15) is 0 Å². The number of nitrogens with one attached hydrogen (secondary N) is 1. The maximum atomic E-state index is 13.4. The highest BCUT2D eigenvalue weighted by molar-refractivity contribution is 7.92. The fourth-order valence-corrected chi connectivity index (χ4v) is 4.39. The monoisotopic (exact) mass is 464 g/mol. The number of aryl methyl sites for hydroxylation is 1. The second kappa shape index (κ2) is 10.9. The minimum Gasteiger partial charge on any atom is -0.497 e. The number of nitro groups is 1. The van der Waals surface area contributed by atoms with Crippen molar-refractivity contribution in [2.24, 2.45) is 0 Å². The van der Waals surface area contributed by atoms with E-state index < -0.39 is 27.4 Å². The zero-order valence-electron chi connectivity index (χ0n) is 18.6. The number of sulfonamides is 1. The second-order valence-electron chi connectivity index (χ2n) is 7.42. The summed E-state index contributed by atoms with van der Waals surface area (Å²) < 4.78 is 32.9. The van der Waals surface area contributed by atoms with Crippen LogP contribution in [-0.4, -0.2) is 65.0 Å². The molecule has 2 aromatic rings. The lowest BCUT2D eigenvalue weighted by molar-refractivity contribution is -0.385. The average Bonchev–Trinajstić information content (AvgIpc) is 2.75. The van der Waals surface area contributed by atoms with Crippen molar-refractivity contribution in [2.45, 2.75) is 18.2 Å². The molecule has 0 saturated carbocycles. The normalized spacial score (nSPS) is 11.3. The highest BCUT2D eigenvalue weighted by Gasteiger charge is 2.29. The van der Waals surface area contributed by atoms with E-state index in [1.165, 1.54) is 38.3 Å². The molecule has 0 fully saturated rings. The summed E-state index contributed by atoms with van der Waals surface area (Å²) in [7, 11) is 1.05. The number of ether oxygens (including phenoxy) is 1. The van der Waals surface area contributed by atoms with Crippen LogP contribution in [0.15, 0.2) is 47.4 Å². The number of nitrogens with zero attached hydrogens (tertiary/aromatic N) is 3. The molecule has 174 valence electrons. The quantitative estimate of drug-likeness (QED) is 0.307. The van der Waals surface area contributed by atoms with Gasteiger partial charge in [0.2, 0.25) is 5.91 Å². The second-order valence-corrected chi connectivity index (χ2v) is 9.28. The smallest absolute Gasteiger partial charge is 0.273 e. The molecule has 2 aromatic carbocycles. The Kier molecular flexibility index (Phi) is 8.56. The molecule has 0 spiro atoms. The van der Waals surface area contributed by atoms with Gasteiger partial charge in [0.25, 0.3) is 15.7 Å². The Morgan fingerprint density at radius 3 is 2.38 bits per heavy atom. The lowest BCUT2D eigenvalue weighted by atomic mass is 10.2. The van der Waals surface area contributed by atoms with Gasteiger partial charge < -0.3 is 15.0 Å². The Morgan fingerprint density at radius 1 is 1.16 bits per heavy atom. The predicted octanol–water partition coefficient (Wildman–Crippen LogP) is 2.18. The van der Waals surface area contributed by atoms with Crippen molar-refractivity contribution in [3.05, 3.63) is 58.1 Å². The van der Waals surface area contributed by atoms with E-state index in [2.05, 4.69) is 5.32 Å². The van der Waals surface area contributed by atoms with Crippen molar-refractivity contribution in [1.29, 1.82) is 0 Å². The third-order valence-electron chi connectivity index (χ3n) is 4.72. The number of carbonyl (C=O) groups is 1. The van der Waals surface area contributed by atoms with E-state index in [9.17, 15) is 23.3 Å². The van der Waals surface area contributed by atoms with Crippen molar-refractivity contribution in [3.8, 4) is 5.75 Å². The number of nitro benzene ring substituents is 1. The molecule has 10 nitrogen and oxygen atoms in total. The first-order valence-corrected chi connectivity index (χ1v) is 11.3. The van der Waals surface area contributed by atoms with Crippen molar-refractivity contribution in [2.75, 3.05) is 45.1 Å². The van der Waals surface area contributed by atoms with Crippen molar-refractivity contribution in [1.82, 2.24) is 10.2 Å². The minimum atomic E-state index is -4.27. The van der Waals surface area contributed by atoms with E-state index in [-0.39, 0.29) is 16.3 Å². The molecule has 0 aliphatic rings. The third kappa shape index (κ3) is 6.41. The molecule has 0 aliphatic heterocycles. The van der Waals surface area contributed by atoms with E-state index in [0.29, 0.717) is 24.3 Å². The molecule has 1 N–H and O–H groups in total. The molecular weight excluding hydrogens is 436 g/mol. The maximum absolute atomic E-state index is 13.4. The minimum absolute atomic E-state index is 0.234. The van der Waals surface area contributed by atoms with E-state index in [0.717, 1.165) is 16.9 Å². The Balaban J connectivity index is 2.37. The van der Waals surface area contributed by atoms with Crippen LogP contribution in [0.5, 0.6) is 5.75 Å². The van der Waals surface area contributed by atoms with Crippen LogP contribution < -0.4 is 14.4 Å². The number of carbonyl (C=O) groups excluding carboxylic acids is 1. The van der Waals surface area contributed by atoms with Gasteiger partial charge in [0.05, 0.1) is 22.6 Å². The SMILES string of the molecule is COc1ccc(N(CC(=O)NCCCN(C)C)S(=O)(=O)c2ccc(C)c([N+](=O)[O-])c2)cc1. The molecule has 0 aromatic heterocycles. The lowest BCUT2D eigenvalue weighted by Crippen LogP contribution is -2.41. The van der Waals surface area contributed by atoms with Gasteiger partial charge in [0, 0.05) is 18.2 Å². The summed E-state index contributed by atoms with van der Waals surface area (Å²) in [6, 6.07) is 9.85. The van der Waals surface area contributed by atoms with Crippen LogP contribution in [0.4, 0.5) is 11.4 Å². The molecule has 1 amide bonds. The highest BCUT2D eigenvalue weighted by Crippen LogP contribution is 2.28. The summed E-state index contributed by atoms with van der Waals surface area (Å²) in [4.78, 5) is 24.9. The summed E-state index contributed by atoms with van der Waals surface area (Å²) in [6.45, 7) is 2.21. The fraction of sp³-hybridized carbons (Fsp3) is 0.381. The Labute approximate surface area is 188 Å². The average molecular weight is 465 g/mol. The van der Waals surface area contributed by atoms with Gasteiger partial charge in [-0.3, -0.25) is 19.2 Å². The van der Waals surface area contributed by atoms with Crippen molar-refractivity contribution < 1.29 is 22.9 Å². The maximum Gasteiger partial charge on any atom is 0.273 e. The molecule has 2 rings (SSSR count). The molecule has 0 saturated heterocycles. The van der Waals surface area contributed by atoms with Crippen molar-refractivity contribution >= 4 is 27.3 Å². The topological polar surface area (TPSA) is 122 Å². The standard InChI is InChI=1S/C21H28N4O6S/c1-16-6-11-19(14-20(16)25(27)28)32(29,30)24(17-7-9-18(31-4)10-8-17)15-21(26)22-12-5-13-23(2)3/h6-11,14H,5,12-13,15H2,1-4H3,(H,22,26). The van der Waals surface area contributed by atoms with Gasteiger partial charge >= 0.3 is 0 Å². The Hall–Kier alpha value is -3.18. The number of hydrogen-bond donors (Lipinski definition) is 1. The van der Waals surface area contributed by atoms with Gasteiger partial charge in [0.15, 0.2) is 0 Å². The van der Waals surface area contributed by atoms with Crippen LogP contribution in [0.1, 0.15) is 12.0 Å². The molecule has 0 bridgehead atoms. The first-order valence-electron chi connectivity index (χ1n) is 9.89. The van der Waals surface area contributed by atoms with Gasteiger partial charge in [-0.05, 0) is 64.3 Å². The summed E-state index contributed by atoms with van der Waals surface area (Å²) >= 11 is 0. The fourth-order valence-electron chi connectivity index (χ4n) is 2.95. The van der Waals surface area contributed by atoms with E-state index in [1.54, 1.807) is 12.1 Å². The van der Waals surface area contributed by atoms with Crippen LogP contribution in [0.3, 0.4) is 0 Å². The molecule has 0 aliphatic carbocycles. The van der Waals surface area contributed by atoms with Gasteiger partial charge in [0.1, 0.15) is 12.3 Å². The van der Waals surface area contributed by atoms with Crippen LogP contribution in [-0.2, 0) is 14.8 Å². The summed E-state index contributed by atoms with van der Waals surface area (Å²) in [5.74, 6) is 0.0370. The van der Waals surface area contributed by atoms with Crippen LogP contribution in [0.2, 0.25) is 0 Å². The first kappa shape index (κ1) is 25.1. The summed E-state index contributed by atoms with van der Waals surface area (Å²) in [5, 5.41) is 14.0. The zero-order valence-corrected chi connectivity index (χ0v) is 19.4. The largest absolute Gasteiger partial charge is 0.497 e. The Morgan fingerprint density at radius 2 is 1.81 bits per heavy atom. The lowest BCUT2D eigenvalue weighted by Gasteiger charge is -2.24. The summed E-state index contributed by atoms with van der Waals surface area (Å²) in [6.07, 6.45) is 0.707. The van der Waals surface area contributed by atoms with E-state index in [4.69, 9.17) is 4.74 Å². The van der Waals surface area contributed by atoms with Crippen LogP contribution >= 0.6 is 0 Å². The van der Waals surface area contributed by atoms with E-state index >= 15 is 0 Å². The number of amides is 1. The first-order chi connectivity index (χ1) is 15.1.